The fourth-order valence-corrected chi connectivity index (χ4v) is 2.49. The maximum Gasteiger partial charge on any atom is 0.237 e. The molecule has 0 spiro atoms. The molecular weight excluding hydrogens is 228 g/mol. The van der Waals surface area contributed by atoms with Crippen LogP contribution in [-0.4, -0.2) is 47.2 Å². The second kappa shape index (κ2) is 7.10. The second-order valence-electron chi connectivity index (χ2n) is 5.75. The van der Waals surface area contributed by atoms with Gasteiger partial charge >= 0.3 is 0 Å². The van der Waals surface area contributed by atoms with Crippen LogP contribution in [0, 0.1) is 0 Å². The van der Waals surface area contributed by atoms with Crippen LogP contribution >= 0.6 is 0 Å². The molecular formula is C14H28N2O2. The van der Waals surface area contributed by atoms with E-state index in [1.54, 1.807) is 0 Å². The van der Waals surface area contributed by atoms with Gasteiger partial charge in [0.15, 0.2) is 0 Å². The van der Waals surface area contributed by atoms with Gasteiger partial charge in [-0.25, -0.2) is 0 Å². The smallest absolute Gasteiger partial charge is 0.237 e. The Labute approximate surface area is 111 Å². The largest absolute Gasteiger partial charge is 0.389 e. The summed E-state index contributed by atoms with van der Waals surface area (Å²) in [7, 11) is 0. The van der Waals surface area contributed by atoms with Crippen molar-refractivity contribution in [1.82, 2.24) is 10.2 Å². The van der Waals surface area contributed by atoms with Crippen molar-refractivity contribution in [3.63, 3.8) is 0 Å². The number of hydrogen-bond acceptors (Lipinski definition) is 3. The van der Waals surface area contributed by atoms with Crippen LogP contribution in [0.1, 0.15) is 52.9 Å². The van der Waals surface area contributed by atoms with Crippen LogP contribution in [0.25, 0.3) is 0 Å². The Balaban J connectivity index is 2.33. The zero-order valence-electron chi connectivity index (χ0n) is 12.0. The standard InChI is InChI=1S/C14H28N2O2/c1-4-5-6-9-15-13(17)12(2)16-10-7-8-14(3,18)11-16/h12,18H,4-11H2,1-3H3,(H,15,17). The van der Waals surface area contributed by atoms with E-state index >= 15 is 0 Å². The predicted molar refractivity (Wildman–Crippen MR) is 73.4 cm³/mol. The topological polar surface area (TPSA) is 52.6 Å². The number of piperidine rings is 1. The molecule has 4 heteroatoms. The van der Waals surface area contributed by atoms with Gasteiger partial charge in [0.1, 0.15) is 0 Å². The molecule has 1 amide bonds. The minimum Gasteiger partial charge on any atom is -0.389 e. The van der Waals surface area contributed by atoms with E-state index in [0.29, 0.717) is 6.54 Å². The number of nitrogens with zero attached hydrogens (tertiary/aromatic N) is 1. The first kappa shape index (κ1) is 15.4. The zero-order chi connectivity index (χ0) is 13.6. The van der Waals surface area contributed by atoms with E-state index in [0.717, 1.165) is 38.8 Å². The molecule has 2 atom stereocenters. The Morgan fingerprint density at radius 1 is 1.50 bits per heavy atom. The summed E-state index contributed by atoms with van der Waals surface area (Å²) in [5, 5.41) is 13.0. The number of rotatable bonds is 6. The Morgan fingerprint density at radius 3 is 2.83 bits per heavy atom. The third kappa shape index (κ3) is 4.94. The molecule has 1 aliphatic heterocycles. The number of carbonyl (C=O) groups excluding carboxylic acids is 1. The van der Waals surface area contributed by atoms with Crippen LogP contribution in [0.2, 0.25) is 0 Å². The van der Waals surface area contributed by atoms with Crippen LogP contribution in [0.5, 0.6) is 0 Å². The molecule has 1 saturated heterocycles. The van der Waals surface area contributed by atoms with Crippen molar-refractivity contribution in [2.75, 3.05) is 19.6 Å². The van der Waals surface area contributed by atoms with E-state index in [4.69, 9.17) is 0 Å². The number of unbranched alkanes of at least 4 members (excludes halogenated alkanes) is 2. The lowest BCUT2D eigenvalue weighted by Crippen LogP contribution is -2.54. The molecule has 0 aromatic carbocycles. The summed E-state index contributed by atoms with van der Waals surface area (Å²) < 4.78 is 0. The highest BCUT2D eigenvalue weighted by Crippen LogP contribution is 2.21. The van der Waals surface area contributed by atoms with E-state index in [-0.39, 0.29) is 11.9 Å². The number of nitrogens with one attached hydrogen (secondary N) is 1. The summed E-state index contributed by atoms with van der Waals surface area (Å²) in [5.74, 6) is 0.0869. The van der Waals surface area contributed by atoms with Crippen LogP contribution in [0.4, 0.5) is 0 Å². The van der Waals surface area contributed by atoms with Crippen molar-refractivity contribution in [2.24, 2.45) is 0 Å². The number of aliphatic hydroxyl groups is 1. The van der Waals surface area contributed by atoms with Crippen molar-refractivity contribution in [3.05, 3.63) is 0 Å². The van der Waals surface area contributed by atoms with Crippen molar-refractivity contribution in [3.8, 4) is 0 Å². The van der Waals surface area contributed by atoms with Gasteiger partial charge in [0.2, 0.25) is 5.91 Å². The fraction of sp³-hybridized carbons (Fsp3) is 0.929. The highest BCUT2D eigenvalue weighted by molar-refractivity contribution is 5.81. The molecule has 1 fully saturated rings. The maximum absolute atomic E-state index is 12.0. The number of β-amino-alcohol motifs (C(OH)–C–C–N with tert-alkyl or cyclic N) is 1. The first-order valence-corrected chi connectivity index (χ1v) is 7.20. The molecule has 1 heterocycles. The average Bonchev–Trinajstić information content (AvgIpc) is 2.32. The van der Waals surface area contributed by atoms with Gasteiger partial charge in [-0.05, 0) is 39.7 Å². The minimum absolute atomic E-state index is 0.0869. The van der Waals surface area contributed by atoms with Crippen LogP contribution in [0.15, 0.2) is 0 Å². The first-order chi connectivity index (χ1) is 8.46. The zero-order valence-corrected chi connectivity index (χ0v) is 12.0. The van der Waals surface area contributed by atoms with Gasteiger partial charge in [-0.2, -0.15) is 0 Å². The van der Waals surface area contributed by atoms with Crippen LogP contribution in [-0.2, 0) is 4.79 Å². The van der Waals surface area contributed by atoms with Crippen LogP contribution < -0.4 is 5.32 Å². The molecule has 0 saturated carbocycles. The highest BCUT2D eigenvalue weighted by atomic mass is 16.3. The maximum atomic E-state index is 12.0. The van der Waals surface area contributed by atoms with Crippen molar-refractivity contribution < 1.29 is 9.90 Å². The van der Waals surface area contributed by atoms with E-state index in [9.17, 15) is 9.90 Å². The molecule has 2 N–H and O–H groups in total. The molecule has 0 radical (unpaired) electrons. The molecule has 0 bridgehead atoms. The third-order valence-electron chi connectivity index (χ3n) is 3.71. The molecule has 0 aromatic rings. The summed E-state index contributed by atoms with van der Waals surface area (Å²) in [6, 6.07) is -0.140. The highest BCUT2D eigenvalue weighted by Gasteiger charge is 2.32. The van der Waals surface area contributed by atoms with E-state index in [1.165, 1.54) is 6.42 Å². The minimum atomic E-state index is -0.644. The SMILES string of the molecule is CCCCCNC(=O)C(C)N1CCCC(C)(O)C1. The quantitative estimate of drug-likeness (QED) is 0.709. The monoisotopic (exact) mass is 256 g/mol. The molecule has 4 nitrogen and oxygen atoms in total. The van der Waals surface area contributed by atoms with Crippen LogP contribution in [0.3, 0.4) is 0 Å². The van der Waals surface area contributed by atoms with E-state index in [1.807, 2.05) is 13.8 Å². The summed E-state index contributed by atoms with van der Waals surface area (Å²) in [4.78, 5) is 14.1. The average molecular weight is 256 g/mol. The summed E-state index contributed by atoms with van der Waals surface area (Å²) in [6.45, 7) is 8.19. The predicted octanol–water partition coefficient (Wildman–Crippen LogP) is 1.53. The van der Waals surface area contributed by atoms with E-state index < -0.39 is 5.60 Å². The fourth-order valence-electron chi connectivity index (χ4n) is 2.49. The van der Waals surface area contributed by atoms with Crippen molar-refractivity contribution in [2.45, 2.75) is 64.5 Å². The molecule has 0 aromatic heterocycles. The van der Waals surface area contributed by atoms with Gasteiger partial charge in [-0.15, -0.1) is 0 Å². The number of carbonyl (C=O) groups is 1. The van der Waals surface area contributed by atoms with Gasteiger partial charge in [0, 0.05) is 13.1 Å². The lowest BCUT2D eigenvalue weighted by Gasteiger charge is -2.39. The van der Waals surface area contributed by atoms with Gasteiger partial charge in [-0.3, -0.25) is 9.69 Å². The van der Waals surface area contributed by atoms with Crippen molar-refractivity contribution >= 4 is 5.91 Å². The summed E-state index contributed by atoms with van der Waals surface area (Å²) in [5.41, 5.74) is -0.644. The molecule has 0 aliphatic carbocycles. The molecule has 18 heavy (non-hydrogen) atoms. The third-order valence-corrected chi connectivity index (χ3v) is 3.71. The Hall–Kier alpha value is -0.610. The van der Waals surface area contributed by atoms with Gasteiger partial charge in [-0.1, -0.05) is 19.8 Å². The lowest BCUT2D eigenvalue weighted by atomic mass is 9.94. The first-order valence-electron chi connectivity index (χ1n) is 7.20. The molecule has 2 unspecified atom stereocenters. The number of amides is 1. The summed E-state index contributed by atoms with van der Waals surface area (Å²) >= 11 is 0. The van der Waals surface area contributed by atoms with Gasteiger partial charge in [0.25, 0.3) is 0 Å². The van der Waals surface area contributed by atoms with Crippen molar-refractivity contribution in [1.29, 1.82) is 0 Å². The molecule has 1 rings (SSSR count). The summed E-state index contributed by atoms with van der Waals surface area (Å²) in [6.07, 6.45) is 5.16. The van der Waals surface area contributed by atoms with Gasteiger partial charge in [0.05, 0.1) is 11.6 Å². The molecule has 1 aliphatic rings. The number of hydrogen-bond donors (Lipinski definition) is 2. The Kier molecular flexibility index (Phi) is 6.09. The Bertz CT molecular complexity index is 267. The second-order valence-corrected chi connectivity index (χ2v) is 5.75. The van der Waals surface area contributed by atoms with E-state index in [2.05, 4.69) is 17.1 Å². The van der Waals surface area contributed by atoms with Gasteiger partial charge < -0.3 is 10.4 Å². The number of likely N-dealkylation sites (tertiary alicyclic amines) is 1. The normalized spacial score (nSPS) is 26.9. The molecule has 106 valence electrons. The Morgan fingerprint density at radius 2 is 2.22 bits per heavy atom. The lowest BCUT2D eigenvalue weighted by molar-refractivity contribution is -0.128.